The average molecular weight is 671 g/mol. The second-order valence-corrected chi connectivity index (χ2v) is 12.2. The lowest BCUT2D eigenvalue weighted by molar-refractivity contribution is -0.140. The molecular weight excluding hydrogens is 641 g/mol. The van der Waals surface area contributed by atoms with Gasteiger partial charge in [-0.1, -0.05) is 52.1 Å². The van der Waals surface area contributed by atoms with E-state index in [4.69, 9.17) is 27.9 Å². The molecule has 0 spiro atoms. The number of likely N-dealkylation sites (N-methyl/N-ethyl adjacent to an activating group) is 1. The Balaban J connectivity index is 2.09. The van der Waals surface area contributed by atoms with Crippen molar-refractivity contribution in [1.82, 2.24) is 10.2 Å². The van der Waals surface area contributed by atoms with Gasteiger partial charge in [0.25, 0.3) is 10.0 Å². The van der Waals surface area contributed by atoms with E-state index in [-0.39, 0.29) is 23.5 Å². The molecule has 3 aromatic rings. The minimum Gasteiger partial charge on any atom is -0.494 e. The highest BCUT2D eigenvalue weighted by Gasteiger charge is 2.34. The number of amides is 2. The maximum atomic E-state index is 14.0. The van der Waals surface area contributed by atoms with Crippen LogP contribution in [0.5, 0.6) is 5.75 Å². The smallest absolute Gasteiger partial charge is 0.264 e. The summed E-state index contributed by atoms with van der Waals surface area (Å²) in [5.74, 6) is -0.456. The Morgan fingerprint density at radius 3 is 2.10 bits per heavy atom. The molecule has 3 aromatic carbocycles. The quantitative estimate of drug-likeness (QED) is 0.259. The normalized spacial score (nSPS) is 11.9. The Hall–Kier alpha value is -2.79. The number of halogens is 3. The lowest BCUT2D eigenvalue weighted by Gasteiger charge is -2.33. The molecule has 3 rings (SSSR count). The van der Waals surface area contributed by atoms with Gasteiger partial charge in [0.05, 0.1) is 17.2 Å². The van der Waals surface area contributed by atoms with Crippen molar-refractivity contribution in [3.63, 3.8) is 0 Å². The van der Waals surface area contributed by atoms with E-state index < -0.39 is 34.4 Å². The second-order valence-electron chi connectivity index (χ2n) is 8.65. The fourth-order valence-corrected chi connectivity index (χ4v) is 6.27. The van der Waals surface area contributed by atoms with Gasteiger partial charge in [0, 0.05) is 33.7 Å². The number of carbonyl (C=O) groups is 2. The van der Waals surface area contributed by atoms with E-state index in [9.17, 15) is 18.0 Å². The molecule has 2 amide bonds. The predicted octanol–water partition coefficient (Wildman–Crippen LogP) is 5.90. The van der Waals surface area contributed by atoms with Gasteiger partial charge < -0.3 is 15.0 Å². The third kappa shape index (κ3) is 7.48. The standard InChI is InChI=1S/C28H30BrCl2N3O5S/c1-4-26(28(36)32-3)33(17-23-24(30)7-6-8-25(23)31)27(35)18-34(20-11-13-21(14-12-20)39-5-2)40(37,38)22-15-9-19(29)10-16-22/h6-16,26H,4-5,17-18H2,1-3H3,(H,32,36)/t26-/m1/s1. The molecule has 1 N–H and O–H groups in total. The van der Waals surface area contributed by atoms with Crippen LogP contribution in [-0.4, -0.2) is 51.4 Å². The van der Waals surface area contributed by atoms with Crippen LogP contribution in [-0.2, 0) is 26.2 Å². The molecular formula is C28H30BrCl2N3O5S. The van der Waals surface area contributed by atoms with Crippen LogP contribution in [0.3, 0.4) is 0 Å². The number of hydrogen-bond acceptors (Lipinski definition) is 5. The summed E-state index contributed by atoms with van der Waals surface area (Å²) in [4.78, 5) is 28.1. The van der Waals surface area contributed by atoms with E-state index in [1.165, 1.54) is 24.1 Å². The van der Waals surface area contributed by atoms with Gasteiger partial charge in [-0.3, -0.25) is 13.9 Å². The van der Waals surface area contributed by atoms with Gasteiger partial charge in [-0.25, -0.2) is 8.42 Å². The molecule has 0 fully saturated rings. The molecule has 12 heteroatoms. The summed E-state index contributed by atoms with van der Waals surface area (Å²) in [5.41, 5.74) is 0.702. The van der Waals surface area contributed by atoms with Crippen LogP contribution in [0, 0.1) is 0 Å². The first-order valence-corrected chi connectivity index (χ1v) is 15.5. The van der Waals surface area contributed by atoms with Crippen molar-refractivity contribution in [3.8, 4) is 5.75 Å². The van der Waals surface area contributed by atoms with Crippen molar-refractivity contribution < 1.29 is 22.7 Å². The monoisotopic (exact) mass is 669 g/mol. The van der Waals surface area contributed by atoms with Gasteiger partial charge in [0.15, 0.2) is 0 Å². The van der Waals surface area contributed by atoms with Gasteiger partial charge in [-0.2, -0.15) is 0 Å². The summed E-state index contributed by atoms with van der Waals surface area (Å²) in [6, 6.07) is 16.6. The maximum Gasteiger partial charge on any atom is 0.264 e. The SMILES string of the molecule is CCOc1ccc(N(CC(=O)N(Cc2c(Cl)cccc2Cl)[C@H](CC)C(=O)NC)S(=O)(=O)c2ccc(Br)cc2)cc1. The Morgan fingerprint density at radius 2 is 1.57 bits per heavy atom. The zero-order valence-electron chi connectivity index (χ0n) is 22.2. The summed E-state index contributed by atoms with van der Waals surface area (Å²) in [6.07, 6.45) is 0.274. The fraction of sp³-hybridized carbons (Fsp3) is 0.286. The van der Waals surface area contributed by atoms with Gasteiger partial charge in [-0.05, 0) is 74.0 Å². The highest BCUT2D eigenvalue weighted by molar-refractivity contribution is 9.10. The minimum atomic E-state index is -4.20. The molecule has 0 aliphatic heterocycles. The molecule has 40 heavy (non-hydrogen) atoms. The van der Waals surface area contributed by atoms with Crippen LogP contribution in [0.4, 0.5) is 5.69 Å². The van der Waals surface area contributed by atoms with E-state index in [1.807, 2.05) is 6.92 Å². The molecule has 0 bridgehead atoms. The summed E-state index contributed by atoms with van der Waals surface area (Å²) in [5, 5.41) is 3.23. The molecule has 0 heterocycles. The van der Waals surface area contributed by atoms with E-state index >= 15 is 0 Å². The van der Waals surface area contributed by atoms with Crippen LogP contribution < -0.4 is 14.4 Å². The molecule has 214 valence electrons. The first-order chi connectivity index (χ1) is 19.0. The van der Waals surface area contributed by atoms with E-state index in [2.05, 4.69) is 21.2 Å². The van der Waals surface area contributed by atoms with Crippen LogP contribution in [0.2, 0.25) is 10.0 Å². The van der Waals surface area contributed by atoms with Gasteiger partial charge >= 0.3 is 0 Å². The number of hydrogen-bond donors (Lipinski definition) is 1. The lowest BCUT2D eigenvalue weighted by Crippen LogP contribution is -2.51. The lowest BCUT2D eigenvalue weighted by atomic mass is 10.1. The Bertz CT molecular complexity index is 1420. The van der Waals surface area contributed by atoms with Crippen molar-refractivity contribution in [2.45, 2.75) is 37.8 Å². The zero-order chi connectivity index (χ0) is 29.4. The van der Waals surface area contributed by atoms with Crippen molar-refractivity contribution in [3.05, 3.63) is 86.8 Å². The number of carbonyl (C=O) groups excluding carboxylic acids is 2. The van der Waals surface area contributed by atoms with Gasteiger partial charge in [-0.15, -0.1) is 0 Å². The Labute approximate surface area is 253 Å². The van der Waals surface area contributed by atoms with E-state index in [1.54, 1.807) is 61.5 Å². The summed E-state index contributed by atoms with van der Waals surface area (Å²) < 4.78 is 35.0. The number of ether oxygens (including phenoxy) is 1. The minimum absolute atomic E-state index is 0.00331. The number of anilines is 1. The number of sulfonamides is 1. The van der Waals surface area contributed by atoms with Crippen molar-refractivity contribution in [2.75, 3.05) is 24.5 Å². The molecule has 0 radical (unpaired) electrons. The first kappa shape index (κ1) is 31.7. The zero-order valence-corrected chi connectivity index (χ0v) is 26.1. The highest BCUT2D eigenvalue weighted by Crippen LogP contribution is 2.30. The third-order valence-corrected chi connectivity index (χ3v) is 9.16. The van der Waals surface area contributed by atoms with Crippen molar-refractivity contribution in [1.29, 1.82) is 0 Å². The number of nitrogens with zero attached hydrogens (tertiary/aromatic N) is 2. The van der Waals surface area contributed by atoms with Crippen LogP contribution >= 0.6 is 39.1 Å². The Kier molecular flexibility index (Phi) is 11.3. The number of rotatable bonds is 12. The molecule has 0 aliphatic carbocycles. The van der Waals surface area contributed by atoms with Gasteiger partial charge in [0.1, 0.15) is 18.3 Å². The molecule has 0 saturated heterocycles. The molecule has 0 saturated carbocycles. The summed E-state index contributed by atoms with van der Waals surface area (Å²) in [7, 11) is -2.73. The summed E-state index contributed by atoms with van der Waals surface area (Å²) >= 11 is 16.1. The van der Waals surface area contributed by atoms with Crippen LogP contribution in [0.1, 0.15) is 25.8 Å². The molecule has 0 aliphatic rings. The predicted molar refractivity (Wildman–Crippen MR) is 161 cm³/mol. The molecule has 0 aromatic heterocycles. The van der Waals surface area contributed by atoms with Gasteiger partial charge in [0.2, 0.25) is 11.8 Å². The average Bonchev–Trinajstić information content (AvgIpc) is 2.93. The van der Waals surface area contributed by atoms with Crippen LogP contribution in [0.15, 0.2) is 76.1 Å². The topological polar surface area (TPSA) is 96.0 Å². The second kappa shape index (κ2) is 14.2. The highest BCUT2D eigenvalue weighted by atomic mass is 79.9. The Morgan fingerprint density at radius 1 is 0.975 bits per heavy atom. The number of benzene rings is 3. The maximum absolute atomic E-state index is 14.0. The molecule has 8 nitrogen and oxygen atoms in total. The molecule has 0 unspecified atom stereocenters. The van der Waals surface area contributed by atoms with E-state index in [0.29, 0.717) is 32.4 Å². The molecule has 1 atom stereocenters. The largest absolute Gasteiger partial charge is 0.494 e. The first-order valence-electron chi connectivity index (χ1n) is 12.5. The fourth-order valence-electron chi connectivity index (χ4n) is 4.08. The summed E-state index contributed by atoms with van der Waals surface area (Å²) in [6.45, 7) is 3.36. The third-order valence-electron chi connectivity index (χ3n) is 6.14. The van der Waals surface area contributed by atoms with Crippen molar-refractivity contribution >= 4 is 66.7 Å². The van der Waals surface area contributed by atoms with Crippen LogP contribution in [0.25, 0.3) is 0 Å². The van der Waals surface area contributed by atoms with E-state index in [0.717, 1.165) is 4.31 Å². The number of nitrogens with one attached hydrogen (secondary N) is 1. The van der Waals surface area contributed by atoms with Crippen molar-refractivity contribution in [2.24, 2.45) is 0 Å².